The Bertz CT molecular complexity index is 1950. The van der Waals surface area contributed by atoms with Crippen LogP contribution in [0.15, 0.2) is 84.9 Å². The fraction of sp³-hybridized carbons (Fsp3) is 0.395. The lowest BCUT2D eigenvalue weighted by Gasteiger charge is -2.38. The molecule has 268 valence electrons. The van der Waals surface area contributed by atoms with Crippen molar-refractivity contribution in [3.05, 3.63) is 129 Å². The number of likely N-dealkylation sites (tertiary alicyclic amines) is 2. The first-order chi connectivity index (χ1) is 25.3. The topological polar surface area (TPSA) is 111 Å². The highest BCUT2D eigenvalue weighted by Crippen LogP contribution is 2.42. The number of fused-ring (bicyclic) bond motifs is 2. The molecule has 0 bridgehead atoms. The number of likely N-dealkylation sites (N-methyl/N-ethyl adjacent to an activating group) is 1. The molecule has 2 saturated heterocycles. The van der Waals surface area contributed by atoms with E-state index < -0.39 is 0 Å². The van der Waals surface area contributed by atoms with Crippen LogP contribution in [0.4, 0.5) is 0 Å². The van der Waals surface area contributed by atoms with Crippen LogP contribution in [-0.2, 0) is 12.8 Å². The number of hydrogen-bond acceptors (Lipinski definition) is 8. The molecule has 2 aliphatic carbocycles. The number of nitriles is 2. The van der Waals surface area contributed by atoms with E-state index in [0.29, 0.717) is 34.0 Å². The maximum atomic E-state index is 9.07. The Kier molecular flexibility index (Phi) is 11.1. The minimum atomic E-state index is -0.0874. The van der Waals surface area contributed by atoms with Crippen molar-refractivity contribution in [2.75, 3.05) is 33.2 Å². The fourth-order valence-electron chi connectivity index (χ4n) is 8.48. The standard InChI is InChI=1S/C22H24ClN3O.C21H23N3O/c1-14-4-2-6-17-18(14)11-20(26-9-3-5-16(25)13-26)22(17)27-21-8-7-15(12-24)10-19(21)23;1-23-17-10-11-24(14-17)20-12-16-4-2-3-5-19(16)21(20)25-18-8-6-15(13-22)7-9-18/h2,4,6-8,10,16,20,22H,3,5,9,11,13,25H2,1H3;2-9,17,20-21,23H,10-12,14H2,1H3/t16-,20+,22+;17?,20-,21-/m11/s1. The van der Waals surface area contributed by atoms with E-state index in [1.807, 2.05) is 31.3 Å². The summed E-state index contributed by atoms with van der Waals surface area (Å²) in [7, 11) is 2.04. The van der Waals surface area contributed by atoms with Gasteiger partial charge in [0.25, 0.3) is 0 Å². The number of ether oxygens (including phenoxy) is 2. The second kappa shape index (κ2) is 16.1. The van der Waals surface area contributed by atoms with Crippen molar-refractivity contribution in [1.29, 1.82) is 10.5 Å². The zero-order chi connectivity index (χ0) is 36.2. The normalized spacial score (nSPS) is 25.3. The number of nitrogens with one attached hydrogen (secondary N) is 1. The molecule has 9 heteroatoms. The van der Waals surface area contributed by atoms with Crippen molar-refractivity contribution in [3.8, 4) is 23.6 Å². The van der Waals surface area contributed by atoms with Gasteiger partial charge in [0.05, 0.1) is 40.4 Å². The van der Waals surface area contributed by atoms with Gasteiger partial charge in [0.15, 0.2) is 0 Å². The molecule has 0 saturated carbocycles. The van der Waals surface area contributed by atoms with Crippen LogP contribution in [0, 0.1) is 29.6 Å². The summed E-state index contributed by atoms with van der Waals surface area (Å²) in [5, 5.41) is 21.9. The molecule has 4 aliphatic rings. The molecule has 3 N–H and O–H groups in total. The summed E-state index contributed by atoms with van der Waals surface area (Å²) in [4.78, 5) is 5.05. The zero-order valence-corrected chi connectivity index (χ0v) is 30.7. The predicted octanol–water partition coefficient (Wildman–Crippen LogP) is 6.88. The molecule has 52 heavy (non-hydrogen) atoms. The molecule has 6 atom stereocenters. The van der Waals surface area contributed by atoms with Crippen molar-refractivity contribution in [3.63, 3.8) is 0 Å². The quantitative estimate of drug-likeness (QED) is 0.213. The fourth-order valence-corrected chi connectivity index (χ4v) is 8.70. The first-order valence-electron chi connectivity index (χ1n) is 18.5. The Balaban J connectivity index is 0.000000162. The molecule has 2 fully saturated rings. The van der Waals surface area contributed by atoms with Crippen LogP contribution in [0.25, 0.3) is 0 Å². The van der Waals surface area contributed by atoms with Crippen LogP contribution in [0.1, 0.15) is 70.4 Å². The average Bonchev–Trinajstić information content (AvgIpc) is 3.90. The molecule has 4 aromatic carbocycles. The van der Waals surface area contributed by atoms with Crippen LogP contribution >= 0.6 is 11.6 Å². The van der Waals surface area contributed by atoms with E-state index in [2.05, 4.69) is 76.6 Å². The average molecular weight is 715 g/mol. The lowest BCUT2D eigenvalue weighted by atomic mass is 10.0. The lowest BCUT2D eigenvalue weighted by molar-refractivity contribution is 0.0593. The predicted molar refractivity (Wildman–Crippen MR) is 204 cm³/mol. The Morgan fingerprint density at radius 1 is 0.788 bits per heavy atom. The van der Waals surface area contributed by atoms with E-state index in [1.165, 1.54) is 34.2 Å². The number of benzene rings is 4. The summed E-state index contributed by atoms with van der Waals surface area (Å²) in [6.07, 6.45) is 5.35. The Morgan fingerprint density at radius 2 is 1.50 bits per heavy atom. The third kappa shape index (κ3) is 7.69. The summed E-state index contributed by atoms with van der Waals surface area (Å²) >= 11 is 6.39. The van der Waals surface area contributed by atoms with E-state index in [4.69, 9.17) is 37.3 Å². The van der Waals surface area contributed by atoms with Gasteiger partial charge in [-0.1, -0.05) is 54.1 Å². The van der Waals surface area contributed by atoms with Crippen LogP contribution in [0.3, 0.4) is 0 Å². The van der Waals surface area contributed by atoms with Gasteiger partial charge in [-0.3, -0.25) is 9.80 Å². The molecule has 2 aliphatic heterocycles. The summed E-state index contributed by atoms with van der Waals surface area (Å²) in [6, 6.07) is 33.4. The molecule has 8 nitrogen and oxygen atoms in total. The molecule has 2 heterocycles. The zero-order valence-electron chi connectivity index (χ0n) is 30.0. The van der Waals surface area contributed by atoms with Crippen molar-refractivity contribution >= 4 is 11.6 Å². The second-order valence-corrected chi connectivity index (χ2v) is 14.9. The smallest absolute Gasteiger partial charge is 0.140 e. The van der Waals surface area contributed by atoms with Crippen molar-refractivity contribution in [2.24, 2.45) is 5.73 Å². The van der Waals surface area contributed by atoms with E-state index in [1.54, 1.807) is 18.2 Å². The van der Waals surface area contributed by atoms with E-state index in [-0.39, 0.29) is 24.3 Å². The minimum Gasteiger partial charge on any atom is -0.484 e. The van der Waals surface area contributed by atoms with Gasteiger partial charge >= 0.3 is 0 Å². The molecule has 4 aromatic rings. The second-order valence-electron chi connectivity index (χ2n) is 14.5. The van der Waals surface area contributed by atoms with Gasteiger partial charge in [-0.05, 0) is 123 Å². The number of rotatable bonds is 7. The first-order valence-corrected chi connectivity index (χ1v) is 18.8. The van der Waals surface area contributed by atoms with Gasteiger partial charge < -0.3 is 20.5 Å². The number of nitrogens with two attached hydrogens (primary N) is 1. The molecule has 0 aromatic heterocycles. The first kappa shape index (κ1) is 36.0. The molecular formula is C43H47ClN6O2. The van der Waals surface area contributed by atoms with E-state index in [9.17, 15) is 0 Å². The van der Waals surface area contributed by atoms with Crippen molar-refractivity contribution in [1.82, 2.24) is 15.1 Å². The molecule has 1 unspecified atom stereocenters. The molecule has 8 rings (SSSR count). The Morgan fingerprint density at radius 3 is 2.23 bits per heavy atom. The summed E-state index contributed by atoms with van der Waals surface area (Å²) in [6.45, 7) is 6.29. The number of nitrogens with zero attached hydrogens (tertiary/aromatic N) is 4. The maximum absolute atomic E-state index is 9.07. The molecule has 0 radical (unpaired) electrons. The summed E-state index contributed by atoms with van der Waals surface area (Å²) < 4.78 is 12.9. The highest BCUT2D eigenvalue weighted by atomic mass is 35.5. The van der Waals surface area contributed by atoms with Gasteiger partial charge in [0, 0.05) is 31.7 Å². The SMILES string of the molecule is CNC1CCN([C@@H]2Cc3ccccc3[C@H]2Oc2ccc(C#N)cc2)C1.Cc1cccc2c1C[C@H](N1CCC[C@@H](N)C1)[C@H]2Oc1ccc(C#N)cc1Cl. The maximum Gasteiger partial charge on any atom is 0.140 e. The van der Waals surface area contributed by atoms with Gasteiger partial charge in [-0.2, -0.15) is 10.5 Å². The highest BCUT2D eigenvalue weighted by molar-refractivity contribution is 6.32. The van der Waals surface area contributed by atoms with Gasteiger partial charge in [-0.15, -0.1) is 0 Å². The molecule has 0 amide bonds. The Labute approximate surface area is 312 Å². The third-order valence-corrected chi connectivity index (χ3v) is 11.6. The van der Waals surface area contributed by atoms with Crippen LogP contribution < -0.4 is 20.5 Å². The largest absolute Gasteiger partial charge is 0.484 e. The van der Waals surface area contributed by atoms with Crippen molar-refractivity contribution in [2.45, 2.75) is 75.4 Å². The number of hydrogen-bond donors (Lipinski definition) is 2. The Hall–Kier alpha value is -4.41. The summed E-state index contributed by atoms with van der Waals surface area (Å²) in [5.41, 5.74) is 14.0. The number of aryl methyl sites for hydroxylation is 1. The third-order valence-electron chi connectivity index (χ3n) is 11.3. The van der Waals surface area contributed by atoms with Crippen molar-refractivity contribution < 1.29 is 9.47 Å². The highest BCUT2D eigenvalue weighted by Gasteiger charge is 2.41. The number of piperidine rings is 1. The monoisotopic (exact) mass is 714 g/mol. The van der Waals surface area contributed by atoms with Gasteiger partial charge in [0.2, 0.25) is 0 Å². The van der Waals surface area contributed by atoms with E-state index in [0.717, 1.165) is 57.6 Å². The summed E-state index contributed by atoms with van der Waals surface area (Å²) in [5.74, 6) is 1.45. The van der Waals surface area contributed by atoms with E-state index >= 15 is 0 Å². The van der Waals surface area contributed by atoms with Gasteiger partial charge in [0.1, 0.15) is 23.7 Å². The van der Waals surface area contributed by atoms with Crippen LogP contribution in [-0.4, -0.2) is 67.2 Å². The molecular weight excluding hydrogens is 668 g/mol. The number of halogens is 1. The van der Waals surface area contributed by atoms with Gasteiger partial charge in [-0.25, -0.2) is 0 Å². The lowest BCUT2D eigenvalue weighted by Crippen LogP contribution is -2.49. The minimum absolute atomic E-state index is 0.0414. The molecule has 0 spiro atoms. The van der Waals surface area contributed by atoms with Crippen LogP contribution in [0.5, 0.6) is 11.5 Å². The van der Waals surface area contributed by atoms with Crippen LogP contribution in [0.2, 0.25) is 5.02 Å².